The first kappa shape index (κ1) is 11.8. The maximum Gasteiger partial charge on any atom is 0.321 e. The molecule has 0 aliphatic rings. The van der Waals surface area contributed by atoms with E-state index in [1.54, 1.807) is 11.8 Å². The van der Waals surface area contributed by atoms with Crippen LogP contribution in [0.25, 0.3) is 0 Å². The molecule has 0 saturated heterocycles. The van der Waals surface area contributed by atoms with Gasteiger partial charge in [-0.25, -0.2) is 0 Å². The average molecular weight is 191 g/mol. The number of nitrogens with one attached hydrogen (secondary N) is 1. The first-order valence-corrected chi connectivity index (χ1v) is 5.30. The van der Waals surface area contributed by atoms with Crippen molar-refractivity contribution in [3.8, 4) is 0 Å². The molecule has 0 aromatic heterocycles. The van der Waals surface area contributed by atoms with Crippen molar-refractivity contribution in [2.75, 3.05) is 11.5 Å². The van der Waals surface area contributed by atoms with Gasteiger partial charge in [0.1, 0.15) is 6.04 Å². The van der Waals surface area contributed by atoms with Gasteiger partial charge in [-0.3, -0.25) is 4.79 Å². The van der Waals surface area contributed by atoms with Crippen molar-refractivity contribution in [3.63, 3.8) is 0 Å². The van der Waals surface area contributed by atoms with E-state index < -0.39 is 12.0 Å². The van der Waals surface area contributed by atoms with E-state index >= 15 is 0 Å². The molecule has 2 N–H and O–H groups in total. The van der Waals surface area contributed by atoms with Gasteiger partial charge in [0.25, 0.3) is 0 Å². The van der Waals surface area contributed by atoms with Crippen LogP contribution in [0.1, 0.15) is 20.8 Å². The van der Waals surface area contributed by atoms with E-state index in [2.05, 4.69) is 5.32 Å². The number of aliphatic carboxylic acids is 1. The standard InChI is InChI=1S/C8H17NO2S/c1-4-12-5-7(8(10)11)9-6(2)3/h6-7,9H,4-5H2,1-3H3,(H,10,11). The number of thioether (sulfide) groups is 1. The molecule has 0 aromatic carbocycles. The third-order valence-electron chi connectivity index (χ3n) is 1.32. The van der Waals surface area contributed by atoms with Gasteiger partial charge < -0.3 is 10.4 Å². The lowest BCUT2D eigenvalue weighted by Gasteiger charge is -2.16. The van der Waals surface area contributed by atoms with E-state index in [1.165, 1.54) is 0 Å². The van der Waals surface area contributed by atoms with Crippen molar-refractivity contribution >= 4 is 17.7 Å². The minimum Gasteiger partial charge on any atom is -0.480 e. The van der Waals surface area contributed by atoms with Gasteiger partial charge in [0.05, 0.1) is 0 Å². The molecule has 4 heteroatoms. The van der Waals surface area contributed by atoms with E-state index in [9.17, 15) is 4.79 Å². The van der Waals surface area contributed by atoms with Crippen molar-refractivity contribution in [1.29, 1.82) is 0 Å². The van der Waals surface area contributed by atoms with Crippen LogP contribution >= 0.6 is 11.8 Å². The zero-order valence-electron chi connectivity index (χ0n) is 7.83. The van der Waals surface area contributed by atoms with Gasteiger partial charge in [-0.2, -0.15) is 11.8 Å². The Bertz CT molecular complexity index is 139. The molecular weight excluding hydrogens is 174 g/mol. The molecule has 1 atom stereocenters. The second-order valence-electron chi connectivity index (χ2n) is 2.87. The van der Waals surface area contributed by atoms with Crippen molar-refractivity contribution in [2.24, 2.45) is 0 Å². The van der Waals surface area contributed by atoms with Crippen LogP contribution in [0, 0.1) is 0 Å². The third-order valence-corrected chi connectivity index (χ3v) is 2.30. The molecule has 0 aliphatic heterocycles. The summed E-state index contributed by atoms with van der Waals surface area (Å²) in [7, 11) is 0. The molecule has 1 unspecified atom stereocenters. The highest BCUT2D eigenvalue weighted by atomic mass is 32.2. The Balaban J connectivity index is 3.78. The molecule has 3 nitrogen and oxygen atoms in total. The highest BCUT2D eigenvalue weighted by Crippen LogP contribution is 2.02. The van der Waals surface area contributed by atoms with Gasteiger partial charge in [0.15, 0.2) is 0 Å². The molecule has 0 fully saturated rings. The molecule has 0 spiro atoms. The largest absolute Gasteiger partial charge is 0.480 e. The van der Waals surface area contributed by atoms with E-state index in [0.717, 1.165) is 5.75 Å². The smallest absolute Gasteiger partial charge is 0.321 e. The average Bonchev–Trinajstić information content (AvgIpc) is 1.96. The van der Waals surface area contributed by atoms with Crippen molar-refractivity contribution in [1.82, 2.24) is 5.32 Å². The quantitative estimate of drug-likeness (QED) is 0.662. The summed E-state index contributed by atoms with van der Waals surface area (Å²) in [5.41, 5.74) is 0. The monoisotopic (exact) mass is 191 g/mol. The summed E-state index contributed by atoms with van der Waals surface area (Å²) >= 11 is 1.64. The van der Waals surface area contributed by atoms with Crippen LogP contribution in [-0.2, 0) is 4.79 Å². The first-order chi connectivity index (χ1) is 5.57. The zero-order chi connectivity index (χ0) is 9.56. The lowest BCUT2D eigenvalue weighted by molar-refractivity contribution is -0.139. The van der Waals surface area contributed by atoms with Crippen molar-refractivity contribution < 1.29 is 9.90 Å². The maximum atomic E-state index is 10.7. The van der Waals surface area contributed by atoms with Gasteiger partial charge in [-0.1, -0.05) is 20.8 Å². The SMILES string of the molecule is CCSCC(NC(C)C)C(=O)O. The van der Waals surface area contributed by atoms with Crippen LogP contribution < -0.4 is 5.32 Å². The molecule has 0 heterocycles. The molecule has 0 amide bonds. The fourth-order valence-corrected chi connectivity index (χ4v) is 1.54. The second-order valence-corrected chi connectivity index (χ2v) is 4.19. The number of carboxylic acid groups (broad SMARTS) is 1. The Hall–Kier alpha value is -0.220. The Kier molecular flexibility index (Phi) is 6.20. The summed E-state index contributed by atoms with van der Waals surface area (Å²) in [5.74, 6) is 0.845. The molecule has 0 aromatic rings. The van der Waals surface area contributed by atoms with Crippen LogP contribution in [0.3, 0.4) is 0 Å². The Morgan fingerprint density at radius 3 is 2.50 bits per heavy atom. The van der Waals surface area contributed by atoms with E-state index in [1.807, 2.05) is 20.8 Å². The molecule has 72 valence electrons. The van der Waals surface area contributed by atoms with E-state index in [-0.39, 0.29) is 6.04 Å². The van der Waals surface area contributed by atoms with E-state index in [0.29, 0.717) is 5.75 Å². The van der Waals surface area contributed by atoms with Crippen LogP contribution in [0.15, 0.2) is 0 Å². The number of rotatable bonds is 6. The number of carbonyl (C=O) groups is 1. The zero-order valence-corrected chi connectivity index (χ0v) is 8.65. The normalized spacial score (nSPS) is 13.3. The third kappa shape index (κ3) is 5.43. The predicted octanol–water partition coefficient (Wildman–Crippen LogP) is 1.19. The predicted molar refractivity (Wildman–Crippen MR) is 52.7 cm³/mol. The summed E-state index contributed by atoms with van der Waals surface area (Å²) in [5, 5.41) is 11.8. The Morgan fingerprint density at radius 2 is 2.17 bits per heavy atom. The Morgan fingerprint density at radius 1 is 1.58 bits per heavy atom. The van der Waals surface area contributed by atoms with Crippen LogP contribution in [-0.4, -0.2) is 34.7 Å². The van der Waals surface area contributed by atoms with Gasteiger partial charge in [0.2, 0.25) is 0 Å². The van der Waals surface area contributed by atoms with Crippen LogP contribution in [0.4, 0.5) is 0 Å². The second kappa shape index (κ2) is 6.31. The molecule has 0 bridgehead atoms. The van der Waals surface area contributed by atoms with Gasteiger partial charge in [0, 0.05) is 11.8 Å². The fourth-order valence-electron chi connectivity index (χ4n) is 0.829. The molecule has 12 heavy (non-hydrogen) atoms. The topological polar surface area (TPSA) is 49.3 Å². The van der Waals surface area contributed by atoms with Crippen molar-refractivity contribution in [2.45, 2.75) is 32.9 Å². The van der Waals surface area contributed by atoms with Gasteiger partial charge in [-0.15, -0.1) is 0 Å². The van der Waals surface area contributed by atoms with Gasteiger partial charge >= 0.3 is 5.97 Å². The van der Waals surface area contributed by atoms with Crippen molar-refractivity contribution in [3.05, 3.63) is 0 Å². The minimum atomic E-state index is -0.760. The molecule has 0 aliphatic carbocycles. The summed E-state index contributed by atoms with van der Waals surface area (Å²) in [6, 6.07) is -0.182. The maximum absolute atomic E-state index is 10.7. The van der Waals surface area contributed by atoms with Crippen LogP contribution in [0.5, 0.6) is 0 Å². The number of hydrogen-bond donors (Lipinski definition) is 2. The summed E-state index contributed by atoms with van der Waals surface area (Å²) in [6.07, 6.45) is 0. The molecular formula is C8H17NO2S. The Labute approximate surface area is 77.9 Å². The molecule has 0 radical (unpaired) electrons. The highest BCUT2D eigenvalue weighted by molar-refractivity contribution is 7.99. The highest BCUT2D eigenvalue weighted by Gasteiger charge is 2.16. The molecule has 0 rings (SSSR count). The van der Waals surface area contributed by atoms with Crippen LogP contribution in [0.2, 0.25) is 0 Å². The minimum absolute atomic E-state index is 0.226. The summed E-state index contributed by atoms with van der Waals surface area (Å²) in [6.45, 7) is 5.93. The first-order valence-electron chi connectivity index (χ1n) is 4.14. The van der Waals surface area contributed by atoms with Gasteiger partial charge in [-0.05, 0) is 5.75 Å². The summed E-state index contributed by atoms with van der Waals surface area (Å²) in [4.78, 5) is 10.7. The lowest BCUT2D eigenvalue weighted by atomic mass is 10.3. The molecule has 0 saturated carbocycles. The number of hydrogen-bond acceptors (Lipinski definition) is 3. The van der Waals surface area contributed by atoms with E-state index in [4.69, 9.17) is 5.11 Å². The lowest BCUT2D eigenvalue weighted by Crippen LogP contribution is -2.42. The summed E-state index contributed by atoms with van der Waals surface area (Å²) < 4.78 is 0. The number of carboxylic acids is 1. The fraction of sp³-hybridized carbons (Fsp3) is 0.875.